The molecule has 0 saturated carbocycles. The lowest BCUT2D eigenvalue weighted by Gasteiger charge is -2.07. The third kappa shape index (κ3) is 1.21. The summed E-state index contributed by atoms with van der Waals surface area (Å²) in [5.74, 6) is 0.182. The molecule has 1 fully saturated rings. The molecule has 1 aliphatic heterocycles. The van der Waals surface area contributed by atoms with Gasteiger partial charge in [0.25, 0.3) is 0 Å². The lowest BCUT2D eigenvalue weighted by Crippen LogP contribution is -2.20. The number of methoxy groups -OCH3 is 1. The van der Waals surface area contributed by atoms with Crippen LogP contribution in [0.2, 0.25) is 0 Å². The minimum absolute atomic E-state index is 0.127. The fraction of sp³-hybridized carbons (Fsp3) is 0.833. The number of likely N-dealkylation sites (tertiary alicyclic amines) is 1. The number of carbonyl (C=O) groups is 1. The van der Waals surface area contributed by atoms with Crippen molar-refractivity contribution in [1.82, 2.24) is 4.90 Å². The van der Waals surface area contributed by atoms with Gasteiger partial charge in [0.15, 0.2) is 0 Å². The maximum absolute atomic E-state index is 10.8. The van der Waals surface area contributed by atoms with Crippen LogP contribution in [0.1, 0.15) is 6.42 Å². The van der Waals surface area contributed by atoms with Crippen LogP contribution < -0.4 is 0 Å². The van der Waals surface area contributed by atoms with E-state index < -0.39 is 0 Å². The molecule has 0 radical (unpaired) electrons. The fourth-order valence-corrected chi connectivity index (χ4v) is 0.980. The van der Waals surface area contributed by atoms with Crippen molar-refractivity contribution in [3.8, 4) is 0 Å². The number of likely N-dealkylation sites (N-methyl/N-ethyl adjacent to an activating group) is 1. The van der Waals surface area contributed by atoms with E-state index in [4.69, 9.17) is 4.74 Å². The van der Waals surface area contributed by atoms with E-state index in [0.717, 1.165) is 6.54 Å². The highest BCUT2D eigenvalue weighted by Gasteiger charge is 2.25. The van der Waals surface area contributed by atoms with Crippen LogP contribution in [0.5, 0.6) is 0 Å². The predicted octanol–water partition coefficient (Wildman–Crippen LogP) is -0.137. The molecule has 9 heavy (non-hydrogen) atoms. The van der Waals surface area contributed by atoms with Gasteiger partial charge in [0, 0.05) is 20.7 Å². The first-order valence-electron chi connectivity index (χ1n) is 3.01. The zero-order valence-corrected chi connectivity index (χ0v) is 5.76. The van der Waals surface area contributed by atoms with Gasteiger partial charge in [-0.2, -0.15) is 0 Å². The molecule has 1 rings (SSSR count). The largest absolute Gasteiger partial charge is 0.379 e. The maximum atomic E-state index is 10.8. The summed E-state index contributed by atoms with van der Waals surface area (Å²) in [4.78, 5) is 12.5. The van der Waals surface area contributed by atoms with E-state index in [0.29, 0.717) is 6.42 Å². The summed E-state index contributed by atoms with van der Waals surface area (Å²) in [5.41, 5.74) is 0. The molecule has 1 amide bonds. The molecule has 0 unspecified atom stereocenters. The van der Waals surface area contributed by atoms with Gasteiger partial charge < -0.3 is 9.64 Å². The number of rotatable bonds is 1. The van der Waals surface area contributed by atoms with Crippen molar-refractivity contribution < 1.29 is 9.53 Å². The summed E-state index contributed by atoms with van der Waals surface area (Å²) < 4.78 is 4.99. The number of nitrogens with zero attached hydrogens (tertiary/aromatic N) is 1. The molecule has 3 heteroatoms. The molecule has 3 nitrogen and oxygen atoms in total. The summed E-state index contributed by atoms with van der Waals surface area (Å²) in [6, 6.07) is 0. The molecule has 1 aliphatic rings. The zero-order chi connectivity index (χ0) is 6.85. The first kappa shape index (κ1) is 6.55. The molecule has 0 bridgehead atoms. The number of carbonyl (C=O) groups excluding carboxylic acids is 1. The first-order valence-corrected chi connectivity index (χ1v) is 3.01. The summed E-state index contributed by atoms with van der Waals surface area (Å²) in [5, 5.41) is 0. The maximum Gasteiger partial charge on any atom is 0.225 e. The fourth-order valence-electron chi connectivity index (χ4n) is 0.980. The van der Waals surface area contributed by atoms with Gasteiger partial charge in [0.1, 0.15) is 0 Å². The summed E-state index contributed by atoms with van der Waals surface area (Å²) in [7, 11) is 3.43. The van der Waals surface area contributed by atoms with Crippen LogP contribution in [-0.2, 0) is 9.53 Å². The highest BCUT2D eigenvalue weighted by Crippen LogP contribution is 2.10. The number of ether oxygens (including phenoxy) is 1. The second-order valence-electron chi connectivity index (χ2n) is 2.34. The molecule has 0 aromatic heterocycles. The van der Waals surface area contributed by atoms with Crippen molar-refractivity contribution in [2.24, 2.45) is 0 Å². The highest BCUT2D eigenvalue weighted by molar-refractivity contribution is 5.78. The smallest absolute Gasteiger partial charge is 0.225 e. The molecule has 52 valence electrons. The van der Waals surface area contributed by atoms with Crippen LogP contribution in [0, 0.1) is 0 Å². The zero-order valence-electron chi connectivity index (χ0n) is 5.76. The standard InChI is InChI=1S/C6H11NO2/c1-7-4-5(9-2)3-6(7)8/h5H,3-4H2,1-2H3/t5-/m0/s1. The van der Waals surface area contributed by atoms with E-state index >= 15 is 0 Å². The van der Waals surface area contributed by atoms with Gasteiger partial charge in [-0.1, -0.05) is 0 Å². The van der Waals surface area contributed by atoms with Crippen LogP contribution in [0.15, 0.2) is 0 Å². The quantitative estimate of drug-likeness (QED) is 0.493. The number of hydrogen-bond acceptors (Lipinski definition) is 2. The summed E-state index contributed by atoms with van der Waals surface area (Å²) >= 11 is 0. The highest BCUT2D eigenvalue weighted by atomic mass is 16.5. The molecule has 1 atom stereocenters. The lowest BCUT2D eigenvalue weighted by atomic mass is 10.3. The molecular weight excluding hydrogens is 118 g/mol. The van der Waals surface area contributed by atoms with Crippen LogP contribution in [0.3, 0.4) is 0 Å². The van der Waals surface area contributed by atoms with Crippen molar-refractivity contribution in [3.63, 3.8) is 0 Å². The average molecular weight is 129 g/mol. The molecule has 0 aliphatic carbocycles. The molecule has 0 aromatic rings. The van der Waals surface area contributed by atoms with Gasteiger partial charge in [-0.05, 0) is 0 Å². The van der Waals surface area contributed by atoms with E-state index in [9.17, 15) is 4.79 Å². The lowest BCUT2D eigenvalue weighted by molar-refractivity contribution is -0.126. The van der Waals surface area contributed by atoms with Crippen LogP contribution >= 0.6 is 0 Å². The van der Waals surface area contributed by atoms with Gasteiger partial charge in [-0.3, -0.25) is 4.79 Å². The van der Waals surface area contributed by atoms with Crippen LogP contribution in [-0.4, -0.2) is 37.6 Å². The topological polar surface area (TPSA) is 29.5 Å². The molecule has 0 aromatic carbocycles. The Morgan fingerprint density at radius 2 is 2.44 bits per heavy atom. The summed E-state index contributed by atoms with van der Waals surface area (Å²) in [6.45, 7) is 0.745. The summed E-state index contributed by atoms with van der Waals surface area (Å²) in [6.07, 6.45) is 0.676. The van der Waals surface area contributed by atoms with Gasteiger partial charge in [-0.25, -0.2) is 0 Å². The van der Waals surface area contributed by atoms with E-state index in [-0.39, 0.29) is 12.0 Å². The third-order valence-electron chi connectivity index (χ3n) is 1.64. The van der Waals surface area contributed by atoms with Gasteiger partial charge >= 0.3 is 0 Å². The van der Waals surface area contributed by atoms with Crippen molar-refractivity contribution >= 4 is 5.91 Å². The number of amides is 1. The molecule has 1 heterocycles. The Labute approximate surface area is 54.6 Å². The van der Waals surface area contributed by atoms with E-state index in [1.807, 2.05) is 0 Å². The number of hydrogen-bond donors (Lipinski definition) is 0. The second-order valence-corrected chi connectivity index (χ2v) is 2.34. The van der Waals surface area contributed by atoms with Crippen LogP contribution in [0.25, 0.3) is 0 Å². The van der Waals surface area contributed by atoms with Crippen molar-refractivity contribution in [3.05, 3.63) is 0 Å². The Balaban J connectivity index is 2.44. The SMILES string of the molecule is CO[C@H]1CC(=O)N(C)C1. The Kier molecular flexibility index (Phi) is 1.71. The predicted molar refractivity (Wildman–Crippen MR) is 33.1 cm³/mol. The van der Waals surface area contributed by atoms with Crippen molar-refractivity contribution in [2.45, 2.75) is 12.5 Å². The van der Waals surface area contributed by atoms with Gasteiger partial charge in [0.2, 0.25) is 5.91 Å². The Morgan fingerprint density at radius 1 is 1.78 bits per heavy atom. The van der Waals surface area contributed by atoms with Crippen molar-refractivity contribution in [2.75, 3.05) is 20.7 Å². The Hall–Kier alpha value is -0.570. The third-order valence-corrected chi connectivity index (χ3v) is 1.64. The second kappa shape index (κ2) is 2.35. The molecular formula is C6H11NO2. The van der Waals surface area contributed by atoms with Crippen molar-refractivity contribution in [1.29, 1.82) is 0 Å². The van der Waals surface area contributed by atoms with Crippen LogP contribution in [0.4, 0.5) is 0 Å². The Morgan fingerprint density at radius 3 is 2.67 bits per heavy atom. The normalized spacial score (nSPS) is 27.6. The molecule has 0 N–H and O–H groups in total. The minimum Gasteiger partial charge on any atom is -0.379 e. The van der Waals surface area contributed by atoms with E-state index in [2.05, 4.69) is 0 Å². The van der Waals surface area contributed by atoms with E-state index in [1.165, 1.54) is 0 Å². The molecule has 1 saturated heterocycles. The first-order chi connectivity index (χ1) is 4.24. The minimum atomic E-state index is 0.127. The Bertz CT molecular complexity index is 124. The van der Waals surface area contributed by atoms with E-state index in [1.54, 1.807) is 19.1 Å². The average Bonchev–Trinajstić information content (AvgIpc) is 2.13. The van der Waals surface area contributed by atoms with Gasteiger partial charge in [-0.15, -0.1) is 0 Å². The monoisotopic (exact) mass is 129 g/mol. The van der Waals surface area contributed by atoms with Gasteiger partial charge in [0.05, 0.1) is 12.5 Å². The molecule has 0 spiro atoms.